The number of rotatable bonds is 6. The third-order valence-electron chi connectivity index (χ3n) is 2.67. The van der Waals surface area contributed by atoms with Gasteiger partial charge >= 0.3 is 0 Å². The Kier molecular flexibility index (Phi) is 4.94. The molecule has 0 saturated carbocycles. The van der Waals surface area contributed by atoms with Crippen molar-refractivity contribution >= 4 is 25.7 Å². The van der Waals surface area contributed by atoms with Crippen molar-refractivity contribution in [1.82, 2.24) is 4.72 Å². The maximum atomic E-state index is 11.3. The van der Waals surface area contributed by atoms with Crippen LogP contribution in [0.3, 0.4) is 0 Å². The van der Waals surface area contributed by atoms with E-state index in [4.69, 9.17) is 0 Å². The average molecular weight is 306 g/mol. The summed E-state index contributed by atoms with van der Waals surface area (Å²) in [4.78, 5) is 0. The summed E-state index contributed by atoms with van der Waals surface area (Å²) >= 11 is 0. The zero-order chi connectivity index (χ0) is 14.7. The van der Waals surface area contributed by atoms with Crippen LogP contribution in [-0.4, -0.2) is 35.9 Å². The maximum Gasteiger partial charge on any atom is 0.231 e. The van der Waals surface area contributed by atoms with E-state index in [0.717, 1.165) is 16.1 Å². The molecular weight excluding hydrogens is 288 g/mol. The molecule has 1 N–H and O–H groups in total. The summed E-state index contributed by atoms with van der Waals surface area (Å²) in [7, 11) is -5.05. The SMILES string of the molecule is CCS(=O)(=O)NCc1ccc(N(C)S(C)(=O)=O)cc1. The number of anilines is 1. The number of nitrogens with one attached hydrogen (secondary N) is 1. The van der Waals surface area contributed by atoms with E-state index in [9.17, 15) is 16.8 Å². The highest BCUT2D eigenvalue weighted by molar-refractivity contribution is 7.92. The zero-order valence-corrected chi connectivity index (χ0v) is 12.8. The summed E-state index contributed by atoms with van der Waals surface area (Å²) in [5.74, 6) is 0.0297. The minimum atomic E-state index is -3.29. The Morgan fingerprint density at radius 3 is 2.05 bits per heavy atom. The van der Waals surface area contributed by atoms with E-state index in [1.807, 2.05) is 0 Å². The van der Waals surface area contributed by atoms with E-state index in [1.165, 1.54) is 7.05 Å². The molecule has 0 unspecified atom stereocenters. The van der Waals surface area contributed by atoms with Gasteiger partial charge in [0, 0.05) is 13.6 Å². The van der Waals surface area contributed by atoms with Gasteiger partial charge in [0.25, 0.3) is 0 Å². The quantitative estimate of drug-likeness (QED) is 0.830. The first-order valence-electron chi connectivity index (χ1n) is 5.66. The van der Waals surface area contributed by atoms with Crippen LogP contribution in [-0.2, 0) is 26.6 Å². The minimum absolute atomic E-state index is 0.0297. The van der Waals surface area contributed by atoms with Crippen molar-refractivity contribution in [3.05, 3.63) is 29.8 Å². The molecule has 6 nitrogen and oxygen atoms in total. The molecule has 0 aromatic heterocycles. The molecule has 0 fully saturated rings. The first-order valence-corrected chi connectivity index (χ1v) is 9.16. The molecule has 0 saturated heterocycles. The number of hydrogen-bond acceptors (Lipinski definition) is 4. The van der Waals surface area contributed by atoms with Crippen molar-refractivity contribution in [1.29, 1.82) is 0 Å². The van der Waals surface area contributed by atoms with Gasteiger partial charge in [-0.05, 0) is 24.6 Å². The molecular formula is C11H18N2O4S2. The Bertz CT molecular complexity index is 621. The van der Waals surface area contributed by atoms with E-state index in [2.05, 4.69) is 4.72 Å². The van der Waals surface area contributed by atoms with Crippen molar-refractivity contribution in [3.8, 4) is 0 Å². The Hall–Kier alpha value is -1.12. The first kappa shape index (κ1) is 15.9. The lowest BCUT2D eigenvalue weighted by Crippen LogP contribution is -2.25. The van der Waals surface area contributed by atoms with E-state index in [-0.39, 0.29) is 12.3 Å². The fourth-order valence-electron chi connectivity index (χ4n) is 1.31. The van der Waals surface area contributed by atoms with Gasteiger partial charge in [-0.1, -0.05) is 12.1 Å². The third-order valence-corrected chi connectivity index (χ3v) is 5.22. The topological polar surface area (TPSA) is 83.6 Å². The second-order valence-electron chi connectivity index (χ2n) is 4.12. The number of benzene rings is 1. The van der Waals surface area contributed by atoms with Crippen molar-refractivity contribution in [2.24, 2.45) is 0 Å². The smallest absolute Gasteiger partial charge is 0.231 e. The van der Waals surface area contributed by atoms with E-state index >= 15 is 0 Å². The highest BCUT2D eigenvalue weighted by Gasteiger charge is 2.11. The van der Waals surface area contributed by atoms with Crippen LogP contribution in [0.4, 0.5) is 5.69 Å². The first-order chi connectivity index (χ1) is 8.65. The predicted octanol–water partition coefficient (Wildman–Crippen LogP) is 0.522. The lowest BCUT2D eigenvalue weighted by molar-refractivity contribution is 0.582. The van der Waals surface area contributed by atoms with Gasteiger partial charge in [-0.3, -0.25) is 4.31 Å². The predicted molar refractivity (Wildman–Crippen MR) is 76.0 cm³/mol. The van der Waals surface area contributed by atoms with Crippen LogP contribution in [0.15, 0.2) is 24.3 Å². The average Bonchev–Trinajstić information content (AvgIpc) is 2.35. The zero-order valence-electron chi connectivity index (χ0n) is 11.1. The summed E-state index contributed by atoms with van der Waals surface area (Å²) in [6.45, 7) is 1.76. The standard InChI is InChI=1S/C11H18N2O4S2/c1-4-19(16,17)12-9-10-5-7-11(8-6-10)13(2)18(3,14)15/h5-8,12H,4,9H2,1-3H3. The molecule has 1 aromatic rings. The van der Waals surface area contributed by atoms with Gasteiger partial charge in [0.05, 0.1) is 17.7 Å². The maximum absolute atomic E-state index is 11.3. The number of sulfonamides is 2. The van der Waals surface area contributed by atoms with Crippen molar-refractivity contribution < 1.29 is 16.8 Å². The molecule has 1 rings (SSSR count). The molecule has 1 aromatic carbocycles. The lowest BCUT2D eigenvalue weighted by atomic mass is 10.2. The van der Waals surface area contributed by atoms with Gasteiger partial charge < -0.3 is 0 Å². The lowest BCUT2D eigenvalue weighted by Gasteiger charge is -2.16. The molecule has 0 aliphatic heterocycles. The minimum Gasteiger partial charge on any atom is -0.274 e. The van der Waals surface area contributed by atoms with Gasteiger partial charge in [-0.2, -0.15) is 0 Å². The molecule has 8 heteroatoms. The molecule has 0 atom stereocenters. The van der Waals surface area contributed by atoms with E-state index < -0.39 is 20.0 Å². The third kappa shape index (κ3) is 4.81. The van der Waals surface area contributed by atoms with Crippen LogP contribution in [0.1, 0.15) is 12.5 Å². The molecule has 0 bridgehead atoms. The largest absolute Gasteiger partial charge is 0.274 e. The molecule has 0 radical (unpaired) electrons. The second-order valence-corrected chi connectivity index (χ2v) is 8.23. The molecule has 19 heavy (non-hydrogen) atoms. The van der Waals surface area contributed by atoms with Crippen LogP contribution < -0.4 is 9.03 Å². The van der Waals surface area contributed by atoms with Crippen molar-refractivity contribution in [2.45, 2.75) is 13.5 Å². The molecule has 0 spiro atoms. The van der Waals surface area contributed by atoms with Gasteiger partial charge in [0.2, 0.25) is 20.0 Å². The van der Waals surface area contributed by atoms with Crippen LogP contribution in [0.25, 0.3) is 0 Å². The molecule has 0 aliphatic carbocycles. The molecule has 0 heterocycles. The summed E-state index contributed by atoms with van der Waals surface area (Å²) in [5.41, 5.74) is 1.30. The van der Waals surface area contributed by atoms with Crippen LogP contribution in [0.5, 0.6) is 0 Å². The fraction of sp³-hybridized carbons (Fsp3) is 0.455. The Morgan fingerprint density at radius 2 is 1.63 bits per heavy atom. The molecule has 0 amide bonds. The highest BCUT2D eigenvalue weighted by Crippen LogP contribution is 2.16. The highest BCUT2D eigenvalue weighted by atomic mass is 32.2. The number of hydrogen-bond donors (Lipinski definition) is 1. The van der Waals surface area contributed by atoms with Gasteiger partial charge in [0.1, 0.15) is 0 Å². The van der Waals surface area contributed by atoms with E-state index in [1.54, 1.807) is 31.2 Å². The Morgan fingerprint density at radius 1 is 1.11 bits per heavy atom. The molecule has 0 aliphatic rings. The second kappa shape index (κ2) is 5.89. The van der Waals surface area contributed by atoms with Gasteiger partial charge in [-0.25, -0.2) is 21.6 Å². The summed E-state index contributed by atoms with van der Waals surface area (Å²) in [6.07, 6.45) is 1.12. The number of nitrogens with zero attached hydrogens (tertiary/aromatic N) is 1. The summed E-state index contributed by atoms with van der Waals surface area (Å²) in [6, 6.07) is 6.65. The van der Waals surface area contributed by atoms with Gasteiger partial charge in [0.15, 0.2) is 0 Å². The molecule has 108 valence electrons. The van der Waals surface area contributed by atoms with E-state index in [0.29, 0.717) is 5.69 Å². The van der Waals surface area contributed by atoms with Crippen LogP contribution >= 0.6 is 0 Å². The van der Waals surface area contributed by atoms with Crippen molar-refractivity contribution in [3.63, 3.8) is 0 Å². The monoisotopic (exact) mass is 306 g/mol. The Balaban J connectivity index is 2.78. The van der Waals surface area contributed by atoms with Crippen molar-refractivity contribution in [2.75, 3.05) is 23.4 Å². The van der Waals surface area contributed by atoms with Crippen LogP contribution in [0, 0.1) is 0 Å². The summed E-state index contributed by atoms with van der Waals surface area (Å²) < 4.78 is 48.9. The summed E-state index contributed by atoms with van der Waals surface area (Å²) in [5, 5.41) is 0. The Labute approximate surface area is 114 Å². The van der Waals surface area contributed by atoms with Crippen LogP contribution in [0.2, 0.25) is 0 Å². The fourth-order valence-corrected chi connectivity index (χ4v) is 2.41. The van der Waals surface area contributed by atoms with Gasteiger partial charge in [-0.15, -0.1) is 0 Å². The normalized spacial score (nSPS) is 12.4.